The first-order chi connectivity index (χ1) is 9.13. The van der Waals surface area contributed by atoms with Crippen LogP contribution >= 0.6 is 15.9 Å². The monoisotopic (exact) mass is 325 g/mol. The maximum absolute atomic E-state index is 4.25. The minimum absolute atomic E-state index is 0.417. The summed E-state index contributed by atoms with van der Waals surface area (Å²) in [5.41, 5.74) is 1.30. The summed E-state index contributed by atoms with van der Waals surface area (Å²) in [6.07, 6.45) is 10.0. The van der Waals surface area contributed by atoms with Gasteiger partial charge < -0.3 is 5.32 Å². The third kappa shape index (κ3) is 4.80. The second-order valence-corrected chi connectivity index (χ2v) is 5.78. The fourth-order valence-corrected chi connectivity index (χ4v) is 2.35. The minimum Gasteiger partial charge on any atom is -0.312 e. The van der Waals surface area contributed by atoms with Crippen LogP contribution in [0.5, 0.6) is 0 Å². The van der Waals surface area contributed by atoms with Crippen LogP contribution in [0.3, 0.4) is 0 Å². The van der Waals surface area contributed by atoms with E-state index < -0.39 is 0 Å². The molecule has 0 bridgehead atoms. The van der Waals surface area contributed by atoms with Crippen LogP contribution in [0.4, 0.5) is 0 Å². The van der Waals surface area contributed by atoms with Crippen molar-refractivity contribution in [2.24, 2.45) is 7.05 Å². The summed E-state index contributed by atoms with van der Waals surface area (Å²) in [7, 11) is 1.95. The minimum atomic E-state index is 0.417. The quantitative estimate of drug-likeness (QED) is 0.792. The van der Waals surface area contributed by atoms with Crippen molar-refractivity contribution in [1.82, 2.24) is 24.9 Å². The summed E-state index contributed by atoms with van der Waals surface area (Å²) in [5.74, 6) is 0. The van der Waals surface area contributed by atoms with Crippen LogP contribution in [-0.4, -0.2) is 32.1 Å². The standard InChI is InChI=1S/C13H20BrN5/c1-11(8-19-10-13(14)7-17-19)15-5-3-4-12-6-16-18(2)9-12/h6-7,9-11,15H,3-5,8H2,1-2H3/t11-/m1/s1. The van der Waals surface area contributed by atoms with Crippen LogP contribution in [0.1, 0.15) is 18.9 Å². The van der Waals surface area contributed by atoms with E-state index in [1.54, 1.807) is 0 Å². The molecule has 0 amide bonds. The fourth-order valence-electron chi connectivity index (χ4n) is 2.03. The first kappa shape index (κ1) is 14.3. The van der Waals surface area contributed by atoms with E-state index in [4.69, 9.17) is 0 Å². The van der Waals surface area contributed by atoms with Gasteiger partial charge in [0.25, 0.3) is 0 Å². The van der Waals surface area contributed by atoms with Gasteiger partial charge in [0, 0.05) is 25.5 Å². The molecule has 2 rings (SSSR count). The second kappa shape index (κ2) is 6.86. The summed E-state index contributed by atoms with van der Waals surface area (Å²) in [6, 6.07) is 0.417. The van der Waals surface area contributed by atoms with Gasteiger partial charge in [-0.25, -0.2) is 0 Å². The van der Waals surface area contributed by atoms with Crippen molar-refractivity contribution in [1.29, 1.82) is 0 Å². The maximum atomic E-state index is 4.25. The van der Waals surface area contributed by atoms with E-state index in [1.807, 2.05) is 35.0 Å². The van der Waals surface area contributed by atoms with Gasteiger partial charge in [-0.05, 0) is 47.8 Å². The summed E-state index contributed by atoms with van der Waals surface area (Å²) < 4.78 is 4.82. The Kier molecular flexibility index (Phi) is 5.15. The molecular formula is C13H20BrN5. The smallest absolute Gasteiger partial charge is 0.0632 e. The first-order valence-electron chi connectivity index (χ1n) is 6.52. The molecule has 6 heteroatoms. The Morgan fingerprint density at radius 3 is 2.79 bits per heavy atom. The lowest BCUT2D eigenvalue weighted by atomic mass is 10.2. The molecule has 0 spiro atoms. The van der Waals surface area contributed by atoms with Crippen LogP contribution in [0.2, 0.25) is 0 Å². The zero-order valence-corrected chi connectivity index (χ0v) is 13.0. The van der Waals surface area contributed by atoms with Gasteiger partial charge in [-0.3, -0.25) is 9.36 Å². The Hall–Kier alpha value is -1.14. The molecule has 1 atom stereocenters. The van der Waals surface area contributed by atoms with Crippen molar-refractivity contribution in [2.45, 2.75) is 32.4 Å². The van der Waals surface area contributed by atoms with Gasteiger partial charge in [0.1, 0.15) is 0 Å². The summed E-state index contributed by atoms with van der Waals surface area (Å²) in [6.45, 7) is 4.08. The van der Waals surface area contributed by atoms with Crippen LogP contribution in [-0.2, 0) is 20.0 Å². The van der Waals surface area contributed by atoms with Gasteiger partial charge in [-0.15, -0.1) is 0 Å². The third-order valence-electron chi connectivity index (χ3n) is 2.96. The summed E-state index contributed by atoms with van der Waals surface area (Å²) in [4.78, 5) is 0. The summed E-state index contributed by atoms with van der Waals surface area (Å²) in [5, 5.41) is 11.9. The summed E-state index contributed by atoms with van der Waals surface area (Å²) >= 11 is 3.40. The van der Waals surface area contributed by atoms with Crippen molar-refractivity contribution < 1.29 is 0 Å². The van der Waals surface area contributed by atoms with Gasteiger partial charge in [-0.2, -0.15) is 10.2 Å². The maximum Gasteiger partial charge on any atom is 0.0632 e. The molecule has 0 fully saturated rings. The van der Waals surface area contributed by atoms with Gasteiger partial charge in [-0.1, -0.05) is 0 Å². The molecule has 0 unspecified atom stereocenters. The topological polar surface area (TPSA) is 47.7 Å². The number of hydrogen-bond acceptors (Lipinski definition) is 3. The molecule has 2 aromatic rings. The number of halogens is 1. The van der Waals surface area contributed by atoms with E-state index in [-0.39, 0.29) is 0 Å². The molecule has 0 aliphatic rings. The average molecular weight is 326 g/mol. The Morgan fingerprint density at radius 1 is 1.32 bits per heavy atom. The number of hydrogen-bond donors (Lipinski definition) is 1. The van der Waals surface area contributed by atoms with Crippen LogP contribution in [0.15, 0.2) is 29.3 Å². The number of aryl methyl sites for hydroxylation is 2. The van der Waals surface area contributed by atoms with E-state index in [0.717, 1.165) is 30.4 Å². The highest BCUT2D eigenvalue weighted by Gasteiger charge is 2.03. The SMILES string of the molecule is C[C@H](Cn1cc(Br)cn1)NCCCc1cnn(C)c1. The highest BCUT2D eigenvalue weighted by molar-refractivity contribution is 9.10. The molecule has 0 radical (unpaired) electrons. The lowest BCUT2D eigenvalue weighted by molar-refractivity contribution is 0.448. The molecule has 104 valence electrons. The van der Waals surface area contributed by atoms with Gasteiger partial charge in [0.2, 0.25) is 0 Å². The lowest BCUT2D eigenvalue weighted by Crippen LogP contribution is -2.31. The van der Waals surface area contributed by atoms with Gasteiger partial charge >= 0.3 is 0 Å². The number of nitrogens with zero attached hydrogens (tertiary/aromatic N) is 4. The normalized spacial score (nSPS) is 12.8. The molecular weight excluding hydrogens is 306 g/mol. The highest BCUT2D eigenvalue weighted by atomic mass is 79.9. The van der Waals surface area contributed by atoms with Crippen molar-refractivity contribution in [3.63, 3.8) is 0 Å². The molecule has 0 saturated heterocycles. The predicted octanol–water partition coefficient (Wildman–Crippen LogP) is 1.99. The van der Waals surface area contributed by atoms with Gasteiger partial charge in [0.05, 0.1) is 23.4 Å². The van der Waals surface area contributed by atoms with E-state index in [0.29, 0.717) is 6.04 Å². The molecule has 2 heterocycles. The largest absolute Gasteiger partial charge is 0.312 e. The fraction of sp³-hybridized carbons (Fsp3) is 0.538. The van der Waals surface area contributed by atoms with Crippen LogP contribution < -0.4 is 5.32 Å². The van der Waals surface area contributed by atoms with Crippen molar-refractivity contribution in [2.75, 3.05) is 6.54 Å². The van der Waals surface area contributed by atoms with E-state index in [1.165, 1.54) is 5.56 Å². The molecule has 19 heavy (non-hydrogen) atoms. The predicted molar refractivity (Wildman–Crippen MR) is 78.9 cm³/mol. The Balaban J connectivity index is 1.62. The van der Waals surface area contributed by atoms with Gasteiger partial charge in [0.15, 0.2) is 0 Å². The van der Waals surface area contributed by atoms with E-state index >= 15 is 0 Å². The average Bonchev–Trinajstić information content (AvgIpc) is 2.94. The molecule has 1 N–H and O–H groups in total. The molecule has 5 nitrogen and oxygen atoms in total. The second-order valence-electron chi connectivity index (χ2n) is 4.86. The molecule has 0 aliphatic carbocycles. The van der Waals surface area contributed by atoms with E-state index in [2.05, 4.69) is 44.6 Å². The van der Waals surface area contributed by atoms with Crippen LogP contribution in [0.25, 0.3) is 0 Å². The third-order valence-corrected chi connectivity index (χ3v) is 3.37. The number of aromatic nitrogens is 4. The van der Waals surface area contributed by atoms with Crippen molar-refractivity contribution in [3.8, 4) is 0 Å². The first-order valence-corrected chi connectivity index (χ1v) is 7.31. The molecule has 0 aliphatic heterocycles. The Labute approximate surface area is 122 Å². The molecule has 2 aromatic heterocycles. The Bertz CT molecular complexity index is 505. The van der Waals surface area contributed by atoms with Crippen molar-refractivity contribution >= 4 is 15.9 Å². The molecule has 0 aromatic carbocycles. The van der Waals surface area contributed by atoms with E-state index in [9.17, 15) is 0 Å². The highest BCUT2D eigenvalue weighted by Crippen LogP contribution is 2.06. The number of rotatable bonds is 7. The zero-order valence-electron chi connectivity index (χ0n) is 11.4. The van der Waals surface area contributed by atoms with Crippen molar-refractivity contribution in [3.05, 3.63) is 34.8 Å². The Morgan fingerprint density at radius 2 is 2.16 bits per heavy atom. The number of nitrogens with one attached hydrogen (secondary N) is 1. The molecule has 0 saturated carbocycles. The zero-order chi connectivity index (χ0) is 13.7. The lowest BCUT2D eigenvalue weighted by Gasteiger charge is -2.13. The van der Waals surface area contributed by atoms with Crippen LogP contribution in [0, 0.1) is 0 Å².